The predicted molar refractivity (Wildman–Crippen MR) is 153 cm³/mol. The van der Waals surface area contributed by atoms with Crippen molar-refractivity contribution in [2.75, 3.05) is 12.9 Å². The van der Waals surface area contributed by atoms with E-state index < -0.39 is 27.5 Å². The molecular formula is C30H35FN2O6S. The summed E-state index contributed by atoms with van der Waals surface area (Å²) in [4.78, 5) is 39.0. The molecule has 1 N–H and O–H groups in total. The number of rotatable bonds is 12. The molecule has 8 nitrogen and oxygen atoms in total. The zero-order valence-corrected chi connectivity index (χ0v) is 24.2. The zero-order chi connectivity index (χ0) is 29.6. The zero-order valence-electron chi connectivity index (χ0n) is 23.4. The summed E-state index contributed by atoms with van der Waals surface area (Å²) in [6.45, 7) is 5.27. The van der Waals surface area contributed by atoms with E-state index in [0.29, 0.717) is 35.1 Å². The Kier molecular flexibility index (Phi) is 10.0. The third kappa shape index (κ3) is 7.24. The largest absolute Gasteiger partial charge is 0.496 e. The fourth-order valence-corrected chi connectivity index (χ4v) is 5.29. The molecular weight excluding hydrogens is 535 g/mol. The molecule has 1 atom stereocenters. The van der Waals surface area contributed by atoms with Gasteiger partial charge in [-0.25, -0.2) is 12.8 Å². The smallest absolute Gasteiger partial charge is 0.250 e. The van der Waals surface area contributed by atoms with E-state index in [1.54, 1.807) is 33.2 Å². The van der Waals surface area contributed by atoms with Gasteiger partial charge in [0.15, 0.2) is 15.6 Å². The molecule has 1 aromatic heterocycles. The van der Waals surface area contributed by atoms with Gasteiger partial charge in [0.25, 0.3) is 5.56 Å². The van der Waals surface area contributed by atoms with Crippen molar-refractivity contribution in [3.8, 4) is 16.9 Å². The quantitative estimate of drug-likeness (QED) is 0.315. The van der Waals surface area contributed by atoms with E-state index in [0.717, 1.165) is 6.42 Å². The molecule has 3 aromatic rings. The van der Waals surface area contributed by atoms with E-state index in [-0.39, 0.29) is 39.8 Å². The summed E-state index contributed by atoms with van der Waals surface area (Å²) >= 11 is 0. The third-order valence-electron chi connectivity index (χ3n) is 6.74. The first kappa shape index (κ1) is 30.7. The van der Waals surface area contributed by atoms with E-state index in [9.17, 15) is 27.2 Å². The van der Waals surface area contributed by atoms with Gasteiger partial charge in [-0.1, -0.05) is 20.3 Å². The van der Waals surface area contributed by atoms with Crippen LogP contribution in [-0.4, -0.2) is 37.5 Å². The molecule has 0 saturated carbocycles. The van der Waals surface area contributed by atoms with Crippen LogP contribution in [0, 0.1) is 5.82 Å². The van der Waals surface area contributed by atoms with Crippen molar-refractivity contribution in [2.24, 2.45) is 7.05 Å². The summed E-state index contributed by atoms with van der Waals surface area (Å²) in [5.41, 5.74) is 1.70. The molecule has 0 bridgehead atoms. The Morgan fingerprint density at radius 1 is 1.07 bits per heavy atom. The maximum Gasteiger partial charge on any atom is 0.250 e. The summed E-state index contributed by atoms with van der Waals surface area (Å²) in [5.74, 6) is -1.32. The summed E-state index contributed by atoms with van der Waals surface area (Å²) < 4.78 is 45.6. The van der Waals surface area contributed by atoms with Gasteiger partial charge in [-0.15, -0.1) is 0 Å². The number of hydrogen-bond donors (Lipinski definition) is 1. The first-order valence-electron chi connectivity index (χ1n) is 13.1. The van der Waals surface area contributed by atoms with E-state index >= 15 is 0 Å². The first-order valence-corrected chi connectivity index (χ1v) is 14.9. The van der Waals surface area contributed by atoms with Crippen LogP contribution < -0.4 is 15.6 Å². The summed E-state index contributed by atoms with van der Waals surface area (Å²) in [6, 6.07) is 8.95. The third-order valence-corrected chi connectivity index (χ3v) is 8.37. The average molecular weight is 571 g/mol. The van der Waals surface area contributed by atoms with Crippen molar-refractivity contribution in [1.29, 1.82) is 0 Å². The molecule has 0 aliphatic rings. The van der Waals surface area contributed by atoms with E-state index in [4.69, 9.17) is 4.74 Å². The van der Waals surface area contributed by atoms with Crippen LogP contribution in [0.4, 0.5) is 4.39 Å². The van der Waals surface area contributed by atoms with Crippen LogP contribution in [0.5, 0.6) is 5.75 Å². The predicted octanol–water partition coefficient (Wildman–Crippen LogP) is 4.73. The SMILES string of the molecule is CCCCC(=O)N[C@@H](C)c1cc(=O)n(C)cc1-c1cc(CS(=O)(=O)CC)c(OC)cc1C(=O)c1ccc(F)cc1. The lowest BCUT2D eigenvalue weighted by molar-refractivity contribution is -0.121. The lowest BCUT2D eigenvalue weighted by Crippen LogP contribution is -2.28. The topological polar surface area (TPSA) is 112 Å². The van der Waals surface area contributed by atoms with Gasteiger partial charge in [0, 0.05) is 53.7 Å². The number of ether oxygens (including phenoxy) is 1. The van der Waals surface area contributed by atoms with Gasteiger partial charge < -0.3 is 14.6 Å². The highest BCUT2D eigenvalue weighted by Gasteiger charge is 2.25. The number of benzene rings is 2. The number of unbranched alkanes of at least 4 members (excludes halogenated alkanes) is 1. The first-order chi connectivity index (χ1) is 18.9. The second kappa shape index (κ2) is 13.0. The number of ketones is 1. The fourth-order valence-electron chi connectivity index (χ4n) is 4.39. The number of amides is 1. The second-order valence-corrected chi connectivity index (χ2v) is 12.1. The highest BCUT2D eigenvalue weighted by atomic mass is 32.2. The van der Waals surface area contributed by atoms with Crippen LogP contribution in [0.15, 0.2) is 53.5 Å². The van der Waals surface area contributed by atoms with Gasteiger partial charge in [-0.05, 0) is 60.9 Å². The van der Waals surface area contributed by atoms with Crippen molar-refractivity contribution < 1.29 is 27.1 Å². The molecule has 10 heteroatoms. The Balaban J connectivity index is 2.31. The van der Waals surface area contributed by atoms with Gasteiger partial charge >= 0.3 is 0 Å². The molecule has 0 fully saturated rings. The summed E-state index contributed by atoms with van der Waals surface area (Å²) in [7, 11) is -0.532. The van der Waals surface area contributed by atoms with Gasteiger partial charge in [-0.2, -0.15) is 0 Å². The number of nitrogens with zero attached hydrogens (tertiary/aromatic N) is 1. The van der Waals surface area contributed by atoms with Gasteiger partial charge in [0.05, 0.1) is 18.9 Å². The van der Waals surface area contributed by atoms with Crippen molar-refractivity contribution in [3.05, 3.63) is 87.1 Å². The van der Waals surface area contributed by atoms with Crippen molar-refractivity contribution >= 4 is 21.5 Å². The highest BCUT2D eigenvalue weighted by molar-refractivity contribution is 7.90. The Labute approximate surface area is 234 Å². The number of hydrogen-bond acceptors (Lipinski definition) is 6. The molecule has 1 heterocycles. The van der Waals surface area contributed by atoms with E-state index in [1.807, 2.05) is 6.92 Å². The van der Waals surface area contributed by atoms with Crippen LogP contribution in [-0.2, 0) is 27.4 Å². The Bertz CT molecular complexity index is 1560. The standard InChI is InChI=1S/C30H35FN2O6S/c1-6-8-9-28(34)32-19(3)23-16-29(35)33(4)17-26(23)24-14-21(18-40(37,38)7-2)27(39-5)15-25(24)30(36)20-10-12-22(31)13-11-20/h10-17,19H,6-9,18H2,1-5H3,(H,32,34)/t19-/m0/s1. The number of nitrogens with one attached hydrogen (secondary N) is 1. The molecule has 0 spiro atoms. The number of pyridine rings is 1. The van der Waals surface area contributed by atoms with Crippen LogP contribution in [0.2, 0.25) is 0 Å². The van der Waals surface area contributed by atoms with Gasteiger partial charge in [0.1, 0.15) is 11.6 Å². The molecule has 214 valence electrons. The van der Waals surface area contributed by atoms with Crippen molar-refractivity contribution in [1.82, 2.24) is 9.88 Å². The van der Waals surface area contributed by atoms with E-state index in [2.05, 4.69) is 5.32 Å². The summed E-state index contributed by atoms with van der Waals surface area (Å²) in [5, 5.41) is 2.92. The highest BCUT2D eigenvalue weighted by Crippen LogP contribution is 2.36. The number of carbonyl (C=O) groups excluding carboxylic acids is 2. The Hall–Kier alpha value is -3.79. The molecule has 40 heavy (non-hydrogen) atoms. The minimum atomic E-state index is -3.48. The average Bonchev–Trinajstić information content (AvgIpc) is 2.92. The minimum Gasteiger partial charge on any atom is -0.496 e. The second-order valence-electron chi connectivity index (χ2n) is 9.71. The number of aromatic nitrogens is 1. The maximum absolute atomic E-state index is 13.8. The molecule has 3 rings (SSSR count). The number of carbonyl (C=O) groups is 2. The molecule has 2 aromatic carbocycles. The van der Waals surface area contributed by atoms with Crippen LogP contribution >= 0.6 is 0 Å². The molecule has 0 saturated heterocycles. The normalized spacial score (nSPS) is 12.2. The summed E-state index contributed by atoms with van der Waals surface area (Å²) in [6.07, 6.45) is 3.46. The van der Waals surface area contributed by atoms with Crippen LogP contribution in [0.3, 0.4) is 0 Å². The fraction of sp³-hybridized carbons (Fsp3) is 0.367. The number of halogens is 1. The number of sulfone groups is 1. The van der Waals surface area contributed by atoms with Gasteiger partial charge in [0.2, 0.25) is 5.91 Å². The van der Waals surface area contributed by atoms with Crippen molar-refractivity contribution in [3.63, 3.8) is 0 Å². The van der Waals surface area contributed by atoms with E-state index in [1.165, 1.54) is 48.1 Å². The van der Waals surface area contributed by atoms with Crippen molar-refractivity contribution in [2.45, 2.75) is 51.8 Å². The maximum atomic E-state index is 13.8. The molecule has 0 radical (unpaired) electrons. The number of aryl methyl sites for hydroxylation is 1. The Morgan fingerprint density at radius 3 is 2.35 bits per heavy atom. The molecule has 0 aliphatic carbocycles. The lowest BCUT2D eigenvalue weighted by atomic mass is 9.89. The van der Waals surface area contributed by atoms with Crippen LogP contribution in [0.1, 0.15) is 73.1 Å². The molecule has 0 aliphatic heterocycles. The molecule has 1 amide bonds. The lowest BCUT2D eigenvalue weighted by Gasteiger charge is -2.22. The van der Waals surface area contributed by atoms with Gasteiger partial charge in [-0.3, -0.25) is 14.4 Å². The minimum absolute atomic E-state index is 0.0896. The number of methoxy groups -OCH3 is 1. The Morgan fingerprint density at radius 2 is 1.75 bits per heavy atom. The monoisotopic (exact) mass is 570 g/mol. The van der Waals surface area contributed by atoms with Crippen LogP contribution in [0.25, 0.3) is 11.1 Å². The molecule has 0 unspecified atom stereocenters.